The lowest BCUT2D eigenvalue weighted by molar-refractivity contribution is 0.112. The quantitative estimate of drug-likeness (QED) is 0.704. The number of nitrogens with zero attached hydrogens (tertiary/aromatic N) is 3. The fraction of sp³-hybridized carbons (Fsp3) is 0.222. The summed E-state index contributed by atoms with van der Waals surface area (Å²) in [5.41, 5.74) is 1.78. The summed E-state index contributed by atoms with van der Waals surface area (Å²) in [5.74, 6) is 0. The first-order valence-electron chi connectivity index (χ1n) is 4.13. The van der Waals surface area contributed by atoms with Crippen LogP contribution in [0.4, 0.5) is 0 Å². The van der Waals surface area contributed by atoms with Gasteiger partial charge in [0.25, 0.3) is 0 Å². The number of carbonyl (C=O) groups is 1. The molecule has 0 saturated heterocycles. The topological polar surface area (TPSA) is 47.8 Å². The monoisotopic (exact) mass is 207 g/mol. The Hall–Kier alpha value is -1.49. The summed E-state index contributed by atoms with van der Waals surface area (Å²) < 4.78 is 1.75. The highest BCUT2D eigenvalue weighted by atomic mass is 32.1. The zero-order chi connectivity index (χ0) is 10.1. The van der Waals surface area contributed by atoms with E-state index in [2.05, 4.69) is 10.1 Å². The largest absolute Gasteiger partial charge is 0.295 e. The third-order valence-corrected chi connectivity index (χ3v) is 2.87. The second-order valence-electron chi connectivity index (χ2n) is 2.91. The molecule has 2 aromatic rings. The lowest BCUT2D eigenvalue weighted by atomic mass is 10.3. The van der Waals surface area contributed by atoms with Gasteiger partial charge >= 0.3 is 0 Å². The molecule has 0 saturated carbocycles. The van der Waals surface area contributed by atoms with Gasteiger partial charge in [-0.15, -0.1) is 11.3 Å². The molecule has 0 aliphatic carbocycles. The van der Waals surface area contributed by atoms with Gasteiger partial charge in [0, 0.05) is 18.1 Å². The van der Waals surface area contributed by atoms with Crippen LogP contribution in [0.2, 0.25) is 0 Å². The van der Waals surface area contributed by atoms with Gasteiger partial charge in [-0.1, -0.05) is 0 Å². The van der Waals surface area contributed by atoms with Crippen molar-refractivity contribution in [2.75, 3.05) is 0 Å². The fourth-order valence-corrected chi connectivity index (χ4v) is 2.06. The molecule has 5 heteroatoms. The molecule has 0 aliphatic rings. The van der Waals surface area contributed by atoms with E-state index in [0.29, 0.717) is 5.01 Å². The van der Waals surface area contributed by atoms with Crippen molar-refractivity contribution in [3.63, 3.8) is 0 Å². The van der Waals surface area contributed by atoms with Crippen molar-refractivity contribution < 1.29 is 4.79 Å². The number of rotatable bonds is 2. The van der Waals surface area contributed by atoms with Crippen LogP contribution in [-0.2, 0) is 7.05 Å². The Bertz CT molecular complexity index is 472. The van der Waals surface area contributed by atoms with E-state index in [1.807, 2.05) is 20.0 Å². The van der Waals surface area contributed by atoms with Crippen molar-refractivity contribution in [1.82, 2.24) is 14.8 Å². The molecule has 0 aromatic carbocycles. The first-order valence-corrected chi connectivity index (χ1v) is 4.95. The Kier molecular flexibility index (Phi) is 2.17. The van der Waals surface area contributed by atoms with Gasteiger partial charge in [-0.3, -0.25) is 9.48 Å². The van der Waals surface area contributed by atoms with Crippen LogP contribution in [0.1, 0.15) is 14.7 Å². The Balaban J connectivity index is 2.56. The minimum absolute atomic E-state index is 0.513. The van der Waals surface area contributed by atoms with E-state index >= 15 is 0 Å². The molecular weight excluding hydrogens is 198 g/mol. The van der Waals surface area contributed by atoms with Crippen LogP contribution >= 0.6 is 11.3 Å². The maximum Gasteiger partial charge on any atom is 0.178 e. The number of aromatic nitrogens is 3. The normalized spacial score (nSPS) is 10.4. The highest BCUT2D eigenvalue weighted by Crippen LogP contribution is 2.25. The molecule has 0 amide bonds. The summed E-state index contributed by atoms with van der Waals surface area (Å²) in [6.07, 6.45) is 2.49. The summed E-state index contributed by atoms with van der Waals surface area (Å²) in [5, 5.41) is 4.57. The van der Waals surface area contributed by atoms with Gasteiger partial charge in [0.1, 0.15) is 5.69 Å². The van der Waals surface area contributed by atoms with Gasteiger partial charge in [0.05, 0.1) is 5.69 Å². The highest BCUT2D eigenvalue weighted by Gasteiger charge is 2.11. The molecule has 0 atom stereocenters. The second kappa shape index (κ2) is 3.34. The summed E-state index contributed by atoms with van der Waals surface area (Å²) >= 11 is 1.40. The number of aryl methyl sites for hydroxylation is 2. The predicted octanol–water partition coefficient (Wildman–Crippen LogP) is 1.66. The summed E-state index contributed by atoms with van der Waals surface area (Å²) in [6.45, 7) is 1.95. The van der Waals surface area contributed by atoms with Crippen molar-refractivity contribution in [2.24, 2.45) is 7.05 Å². The average molecular weight is 207 g/mol. The lowest BCUT2D eigenvalue weighted by Crippen LogP contribution is -1.94. The maximum atomic E-state index is 10.6. The molecule has 4 nitrogen and oxygen atoms in total. The van der Waals surface area contributed by atoms with E-state index in [9.17, 15) is 4.79 Å². The van der Waals surface area contributed by atoms with Crippen LogP contribution in [0.25, 0.3) is 11.4 Å². The first-order chi connectivity index (χ1) is 6.72. The average Bonchev–Trinajstić information content (AvgIpc) is 2.72. The Morgan fingerprint density at radius 3 is 2.86 bits per heavy atom. The van der Waals surface area contributed by atoms with Gasteiger partial charge < -0.3 is 0 Å². The second-order valence-corrected chi connectivity index (χ2v) is 4.15. The van der Waals surface area contributed by atoms with Crippen LogP contribution in [0.5, 0.6) is 0 Å². The summed E-state index contributed by atoms with van der Waals surface area (Å²) in [6, 6.07) is 1.89. The minimum Gasteiger partial charge on any atom is -0.295 e. The number of carbonyl (C=O) groups excluding carboxylic acids is 1. The predicted molar refractivity (Wildman–Crippen MR) is 54.4 cm³/mol. The van der Waals surface area contributed by atoms with Crippen LogP contribution in [0.15, 0.2) is 12.3 Å². The Labute approximate surface area is 85.2 Å². The molecule has 0 N–H and O–H groups in total. The van der Waals surface area contributed by atoms with Gasteiger partial charge in [-0.25, -0.2) is 4.98 Å². The third-order valence-electron chi connectivity index (χ3n) is 1.98. The molecule has 14 heavy (non-hydrogen) atoms. The summed E-state index contributed by atoms with van der Waals surface area (Å²) in [4.78, 5) is 15.8. The number of aldehydes is 1. The number of hydrogen-bond acceptors (Lipinski definition) is 4. The molecule has 72 valence electrons. The van der Waals surface area contributed by atoms with Crippen molar-refractivity contribution in [3.8, 4) is 11.4 Å². The van der Waals surface area contributed by atoms with Crippen molar-refractivity contribution in [2.45, 2.75) is 6.92 Å². The number of hydrogen-bond donors (Lipinski definition) is 0. The van der Waals surface area contributed by atoms with Gasteiger partial charge in [-0.2, -0.15) is 5.10 Å². The van der Waals surface area contributed by atoms with E-state index in [1.165, 1.54) is 11.3 Å². The molecule has 0 unspecified atom stereocenters. The van der Waals surface area contributed by atoms with Gasteiger partial charge in [0.2, 0.25) is 0 Å². The molecule has 0 bridgehead atoms. The molecule has 0 spiro atoms. The Morgan fingerprint density at radius 2 is 2.36 bits per heavy atom. The van der Waals surface area contributed by atoms with Crippen molar-refractivity contribution in [3.05, 3.63) is 22.1 Å². The SMILES string of the molecule is Cc1sc(C=O)nc1-c1ccnn1C. The number of thiazole rings is 1. The highest BCUT2D eigenvalue weighted by molar-refractivity contribution is 7.13. The van der Waals surface area contributed by atoms with E-state index in [-0.39, 0.29) is 0 Å². The molecule has 2 rings (SSSR count). The van der Waals surface area contributed by atoms with E-state index in [4.69, 9.17) is 0 Å². The van der Waals surface area contributed by atoms with E-state index < -0.39 is 0 Å². The Morgan fingerprint density at radius 1 is 1.57 bits per heavy atom. The fourth-order valence-electron chi connectivity index (χ4n) is 1.31. The molecule has 2 aromatic heterocycles. The van der Waals surface area contributed by atoms with Gasteiger partial charge in [-0.05, 0) is 13.0 Å². The third kappa shape index (κ3) is 1.35. The lowest BCUT2D eigenvalue weighted by Gasteiger charge is -1.97. The minimum atomic E-state index is 0.513. The van der Waals surface area contributed by atoms with Crippen LogP contribution in [0, 0.1) is 6.92 Å². The zero-order valence-electron chi connectivity index (χ0n) is 7.89. The van der Waals surface area contributed by atoms with Crippen LogP contribution in [0.3, 0.4) is 0 Å². The van der Waals surface area contributed by atoms with E-state index in [0.717, 1.165) is 22.6 Å². The zero-order valence-corrected chi connectivity index (χ0v) is 8.71. The molecule has 2 heterocycles. The molecule has 0 fully saturated rings. The first kappa shape index (κ1) is 9.08. The standard InChI is InChI=1S/C9H9N3OS/c1-6-9(11-8(5-13)14-6)7-3-4-10-12(7)2/h3-5H,1-2H3. The van der Waals surface area contributed by atoms with E-state index in [1.54, 1.807) is 10.9 Å². The van der Waals surface area contributed by atoms with Crippen LogP contribution < -0.4 is 0 Å². The van der Waals surface area contributed by atoms with Crippen LogP contribution in [-0.4, -0.2) is 21.1 Å². The van der Waals surface area contributed by atoms with Gasteiger partial charge in [0.15, 0.2) is 11.3 Å². The molecular formula is C9H9N3OS. The smallest absolute Gasteiger partial charge is 0.178 e. The maximum absolute atomic E-state index is 10.6. The van der Waals surface area contributed by atoms with Crippen molar-refractivity contribution >= 4 is 17.6 Å². The van der Waals surface area contributed by atoms with Crippen molar-refractivity contribution in [1.29, 1.82) is 0 Å². The summed E-state index contributed by atoms with van der Waals surface area (Å²) in [7, 11) is 1.86. The molecule has 0 aliphatic heterocycles. The molecule has 0 radical (unpaired) electrons.